The van der Waals surface area contributed by atoms with E-state index < -0.39 is 11.0 Å². The highest BCUT2D eigenvalue weighted by Crippen LogP contribution is 2.25. The fourth-order valence-electron chi connectivity index (χ4n) is 2.09. The standard InChI is InChI=1S/C16H16IN3O3/c1-10-14(7-4-8-15(10)20(22)23)19-16(21)11(2)18-13-6-3-5-12(17)9-13/h3-9,11,18H,1-2H3,(H,19,21). The zero-order valence-corrected chi connectivity index (χ0v) is 14.8. The first-order valence-electron chi connectivity index (χ1n) is 6.95. The Hall–Kier alpha value is -2.16. The summed E-state index contributed by atoms with van der Waals surface area (Å²) in [6, 6.07) is 11.8. The van der Waals surface area contributed by atoms with Gasteiger partial charge in [-0.2, -0.15) is 0 Å². The lowest BCUT2D eigenvalue weighted by atomic mass is 10.1. The number of nitro benzene ring substituents is 1. The van der Waals surface area contributed by atoms with Crippen molar-refractivity contribution in [3.8, 4) is 0 Å². The minimum absolute atomic E-state index is 0.0129. The van der Waals surface area contributed by atoms with Gasteiger partial charge in [0.15, 0.2) is 0 Å². The van der Waals surface area contributed by atoms with Gasteiger partial charge < -0.3 is 10.6 Å². The zero-order chi connectivity index (χ0) is 17.0. The molecule has 0 heterocycles. The molecule has 7 heteroatoms. The first-order valence-corrected chi connectivity index (χ1v) is 8.03. The average molecular weight is 425 g/mol. The third kappa shape index (κ3) is 4.41. The van der Waals surface area contributed by atoms with E-state index in [1.807, 2.05) is 24.3 Å². The van der Waals surface area contributed by atoms with E-state index in [2.05, 4.69) is 33.2 Å². The first kappa shape index (κ1) is 17.2. The Morgan fingerprint density at radius 1 is 1.26 bits per heavy atom. The minimum Gasteiger partial charge on any atom is -0.374 e. The second-order valence-electron chi connectivity index (χ2n) is 5.07. The summed E-state index contributed by atoms with van der Waals surface area (Å²) in [4.78, 5) is 22.8. The number of nitro groups is 1. The maximum absolute atomic E-state index is 12.3. The van der Waals surface area contributed by atoms with Crippen LogP contribution in [0.2, 0.25) is 0 Å². The lowest BCUT2D eigenvalue weighted by Crippen LogP contribution is -2.32. The first-order chi connectivity index (χ1) is 10.9. The van der Waals surface area contributed by atoms with E-state index in [0.717, 1.165) is 9.26 Å². The topological polar surface area (TPSA) is 84.3 Å². The summed E-state index contributed by atoms with van der Waals surface area (Å²) in [5.41, 5.74) is 1.71. The van der Waals surface area contributed by atoms with Crippen LogP contribution in [0.3, 0.4) is 0 Å². The second-order valence-corrected chi connectivity index (χ2v) is 6.32. The van der Waals surface area contributed by atoms with E-state index in [-0.39, 0.29) is 11.6 Å². The normalized spacial score (nSPS) is 11.6. The molecule has 23 heavy (non-hydrogen) atoms. The van der Waals surface area contributed by atoms with Gasteiger partial charge in [-0.25, -0.2) is 0 Å². The summed E-state index contributed by atoms with van der Waals surface area (Å²) < 4.78 is 1.06. The third-order valence-electron chi connectivity index (χ3n) is 3.36. The number of anilines is 2. The van der Waals surface area contributed by atoms with Gasteiger partial charge in [-0.05, 0) is 60.7 Å². The van der Waals surface area contributed by atoms with E-state index in [4.69, 9.17) is 0 Å². The molecule has 0 radical (unpaired) electrons. The summed E-state index contributed by atoms with van der Waals surface area (Å²) in [5.74, 6) is -0.257. The Morgan fingerprint density at radius 2 is 1.96 bits per heavy atom. The summed E-state index contributed by atoms with van der Waals surface area (Å²) in [6.45, 7) is 3.35. The van der Waals surface area contributed by atoms with Gasteiger partial charge in [0.25, 0.3) is 5.69 Å². The van der Waals surface area contributed by atoms with Crippen LogP contribution < -0.4 is 10.6 Å². The van der Waals surface area contributed by atoms with Crippen molar-refractivity contribution in [3.63, 3.8) is 0 Å². The van der Waals surface area contributed by atoms with E-state index in [1.165, 1.54) is 6.07 Å². The Labute approximate surface area is 147 Å². The molecule has 6 nitrogen and oxygen atoms in total. The molecule has 0 fully saturated rings. The predicted molar refractivity (Wildman–Crippen MR) is 98.7 cm³/mol. The number of hydrogen-bond acceptors (Lipinski definition) is 4. The van der Waals surface area contributed by atoms with Crippen LogP contribution >= 0.6 is 22.6 Å². The molecule has 0 aromatic heterocycles. The van der Waals surface area contributed by atoms with Gasteiger partial charge in [-0.3, -0.25) is 14.9 Å². The van der Waals surface area contributed by atoms with Crippen molar-refractivity contribution in [1.82, 2.24) is 0 Å². The van der Waals surface area contributed by atoms with Crippen LogP contribution in [0.4, 0.5) is 17.1 Å². The number of hydrogen-bond donors (Lipinski definition) is 2. The van der Waals surface area contributed by atoms with Gasteiger partial charge in [0.05, 0.1) is 16.2 Å². The Kier molecular flexibility index (Phi) is 5.54. The number of nitrogens with one attached hydrogen (secondary N) is 2. The predicted octanol–water partition coefficient (Wildman–Crippen LogP) is 3.95. The molecule has 0 saturated heterocycles. The molecule has 2 aromatic carbocycles. The van der Waals surface area contributed by atoms with E-state index in [9.17, 15) is 14.9 Å². The van der Waals surface area contributed by atoms with Gasteiger partial charge >= 0.3 is 0 Å². The molecule has 0 aliphatic heterocycles. The van der Waals surface area contributed by atoms with Gasteiger partial charge in [-0.1, -0.05) is 12.1 Å². The molecule has 2 N–H and O–H groups in total. The fourth-order valence-corrected chi connectivity index (χ4v) is 2.63. The molecule has 0 spiro atoms. The van der Waals surface area contributed by atoms with Gasteiger partial charge in [0.1, 0.15) is 6.04 Å². The maximum atomic E-state index is 12.3. The van der Waals surface area contributed by atoms with Gasteiger partial charge in [-0.15, -0.1) is 0 Å². The molecular weight excluding hydrogens is 409 g/mol. The Morgan fingerprint density at radius 3 is 2.61 bits per heavy atom. The molecule has 1 atom stereocenters. The second kappa shape index (κ2) is 7.40. The van der Waals surface area contributed by atoms with Gasteiger partial charge in [0.2, 0.25) is 5.91 Å². The monoisotopic (exact) mass is 425 g/mol. The van der Waals surface area contributed by atoms with E-state index >= 15 is 0 Å². The molecule has 0 aliphatic carbocycles. The SMILES string of the molecule is Cc1c(NC(=O)C(C)Nc2cccc(I)c2)cccc1[N+](=O)[O-]. The molecule has 0 saturated carbocycles. The highest BCUT2D eigenvalue weighted by Gasteiger charge is 2.18. The summed E-state index contributed by atoms with van der Waals surface area (Å²) >= 11 is 2.20. The van der Waals surface area contributed by atoms with Crippen LogP contribution in [0.15, 0.2) is 42.5 Å². The van der Waals surface area contributed by atoms with E-state index in [0.29, 0.717) is 11.3 Å². The lowest BCUT2D eigenvalue weighted by Gasteiger charge is -2.16. The number of halogens is 1. The maximum Gasteiger partial charge on any atom is 0.274 e. The summed E-state index contributed by atoms with van der Waals surface area (Å²) in [5, 5.41) is 16.8. The molecule has 2 rings (SSSR count). The Bertz CT molecular complexity index is 749. The summed E-state index contributed by atoms with van der Waals surface area (Å²) in [7, 11) is 0. The number of carbonyl (C=O) groups excluding carboxylic acids is 1. The molecular formula is C16H16IN3O3. The number of carbonyl (C=O) groups is 1. The van der Waals surface area contributed by atoms with E-state index in [1.54, 1.807) is 26.0 Å². The number of amides is 1. The average Bonchev–Trinajstić information content (AvgIpc) is 2.49. The highest BCUT2D eigenvalue weighted by atomic mass is 127. The summed E-state index contributed by atoms with van der Waals surface area (Å²) in [6.07, 6.45) is 0. The third-order valence-corrected chi connectivity index (χ3v) is 4.03. The number of benzene rings is 2. The minimum atomic E-state index is -0.480. The van der Waals surface area contributed by atoms with Crippen molar-refractivity contribution in [2.24, 2.45) is 0 Å². The van der Waals surface area contributed by atoms with Crippen LogP contribution in [0.25, 0.3) is 0 Å². The number of rotatable bonds is 5. The van der Waals surface area contributed by atoms with Crippen molar-refractivity contribution in [2.45, 2.75) is 19.9 Å². The molecule has 2 aromatic rings. The quantitative estimate of drug-likeness (QED) is 0.432. The van der Waals surface area contributed by atoms with Crippen LogP contribution in [0.5, 0.6) is 0 Å². The molecule has 120 valence electrons. The number of nitrogens with zero attached hydrogens (tertiary/aromatic N) is 1. The van der Waals surface area contributed by atoms with Crippen LogP contribution in [-0.2, 0) is 4.79 Å². The van der Waals surface area contributed by atoms with Crippen molar-refractivity contribution in [1.29, 1.82) is 0 Å². The fraction of sp³-hybridized carbons (Fsp3) is 0.188. The molecule has 0 aliphatic rings. The van der Waals surface area contributed by atoms with Crippen molar-refractivity contribution in [2.75, 3.05) is 10.6 Å². The molecule has 0 bridgehead atoms. The van der Waals surface area contributed by atoms with Crippen molar-refractivity contribution < 1.29 is 9.72 Å². The molecule has 1 unspecified atom stereocenters. The van der Waals surface area contributed by atoms with Crippen LogP contribution in [0.1, 0.15) is 12.5 Å². The smallest absolute Gasteiger partial charge is 0.274 e. The van der Waals surface area contributed by atoms with Crippen LogP contribution in [-0.4, -0.2) is 16.9 Å². The molecule has 1 amide bonds. The van der Waals surface area contributed by atoms with Crippen LogP contribution in [0, 0.1) is 20.6 Å². The largest absolute Gasteiger partial charge is 0.374 e. The highest BCUT2D eigenvalue weighted by molar-refractivity contribution is 14.1. The van der Waals surface area contributed by atoms with Crippen molar-refractivity contribution in [3.05, 3.63) is 61.7 Å². The Balaban J connectivity index is 2.10. The van der Waals surface area contributed by atoms with Crippen molar-refractivity contribution >= 4 is 45.6 Å². The zero-order valence-electron chi connectivity index (χ0n) is 12.7. The lowest BCUT2D eigenvalue weighted by molar-refractivity contribution is -0.385. The van der Waals surface area contributed by atoms with Gasteiger partial charge in [0, 0.05) is 15.3 Å².